The Kier molecular flexibility index (Phi) is 4.05. The zero-order valence-corrected chi connectivity index (χ0v) is 13.0. The third-order valence-electron chi connectivity index (χ3n) is 6.83. The third-order valence-corrected chi connectivity index (χ3v) is 6.83. The molecule has 4 bridgehead atoms. The van der Waals surface area contributed by atoms with Crippen molar-refractivity contribution in [3.63, 3.8) is 0 Å². The first-order valence-electron chi connectivity index (χ1n) is 9.31. The largest absolute Gasteiger partial charge is 0.316 e. The molecule has 114 valence electrons. The highest BCUT2D eigenvalue weighted by Gasteiger charge is 2.47. The number of rotatable bonds is 6. The summed E-state index contributed by atoms with van der Waals surface area (Å²) in [5.74, 6) is 5.48. The van der Waals surface area contributed by atoms with Gasteiger partial charge in [-0.2, -0.15) is 0 Å². The molecule has 2 heteroatoms. The average Bonchev–Trinajstić information content (AvgIpc) is 2.93. The average molecular weight is 276 g/mol. The fourth-order valence-electron chi connectivity index (χ4n) is 6.07. The minimum Gasteiger partial charge on any atom is -0.316 e. The van der Waals surface area contributed by atoms with Crippen LogP contribution >= 0.6 is 0 Å². The van der Waals surface area contributed by atoms with E-state index in [-0.39, 0.29) is 0 Å². The smallest absolute Gasteiger partial charge is 0.000664 e. The molecule has 1 aliphatic heterocycles. The van der Waals surface area contributed by atoms with Gasteiger partial charge in [0.25, 0.3) is 0 Å². The maximum Gasteiger partial charge on any atom is -0.000664 e. The lowest BCUT2D eigenvalue weighted by molar-refractivity contribution is -0.0354. The molecule has 0 unspecified atom stereocenters. The van der Waals surface area contributed by atoms with Gasteiger partial charge in [-0.1, -0.05) is 0 Å². The lowest BCUT2D eigenvalue weighted by Gasteiger charge is -2.54. The van der Waals surface area contributed by atoms with Crippen LogP contribution in [0.25, 0.3) is 0 Å². The molecule has 2 nitrogen and oxygen atoms in total. The van der Waals surface area contributed by atoms with Crippen LogP contribution < -0.4 is 5.32 Å². The molecule has 1 heterocycles. The van der Waals surface area contributed by atoms with Crippen LogP contribution in [0, 0.1) is 29.6 Å². The molecule has 5 rings (SSSR count). The molecule has 5 fully saturated rings. The fraction of sp³-hybridized carbons (Fsp3) is 1.00. The summed E-state index contributed by atoms with van der Waals surface area (Å²) in [6, 6.07) is 0. The van der Waals surface area contributed by atoms with E-state index < -0.39 is 0 Å². The van der Waals surface area contributed by atoms with Crippen molar-refractivity contribution >= 4 is 0 Å². The number of hydrogen-bond acceptors (Lipinski definition) is 2. The molecule has 4 aliphatic carbocycles. The van der Waals surface area contributed by atoms with E-state index in [1.807, 2.05) is 0 Å². The van der Waals surface area contributed by atoms with E-state index in [4.69, 9.17) is 0 Å². The van der Waals surface area contributed by atoms with Crippen LogP contribution in [0.15, 0.2) is 0 Å². The summed E-state index contributed by atoms with van der Waals surface area (Å²) < 4.78 is 0. The third kappa shape index (κ3) is 2.78. The van der Waals surface area contributed by atoms with Crippen LogP contribution in [-0.4, -0.2) is 37.6 Å². The second-order valence-corrected chi connectivity index (χ2v) is 8.20. The second kappa shape index (κ2) is 5.96. The minimum atomic E-state index is 1.04. The van der Waals surface area contributed by atoms with Gasteiger partial charge >= 0.3 is 0 Å². The zero-order valence-electron chi connectivity index (χ0n) is 13.0. The Morgan fingerprint density at radius 2 is 1.50 bits per heavy atom. The molecule has 0 aromatic rings. The van der Waals surface area contributed by atoms with Gasteiger partial charge in [0.15, 0.2) is 0 Å². The SMILES string of the molecule is C1CCN(CCCNCC2C3CC4CC(C3)CC2C4)C1. The first-order chi connectivity index (χ1) is 9.88. The molecular formula is C18H32N2. The number of hydrogen-bond donors (Lipinski definition) is 1. The fourth-order valence-corrected chi connectivity index (χ4v) is 6.07. The van der Waals surface area contributed by atoms with Crippen molar-refractivity contribution in [2.45, 2.75) is 51.4 Å². The highest BCUT2D eigenvalue weighted by atomic mass is 15.1. The van der Waals surface area contributed by atoms with Crippen molar-refractivity contribution in [3.8, 4) is 0 Å². The first kappa shape index (κ1) is 13.6. The van der Waals surface area contributed by atoms with Crippen LogP contribution in [0.3, 0.4) is 0 Å². The van der Waals surface area contributed by atoms with Crippen LogP contribution in [0.2, 0.25) is 0 Å². The van der Waals surface area contributed by atoms with Crippen molar-refractivity contribution in [2.75, 3.05) is 32.7 Å². The Morgan fingerprint density at radius 3 is 2.15 bits per heavy atom. The summed E-state index contributed by atoms with van der Waals surface area (Å²) in [6.45, 7) is 6.62. The molecule has 1 N–H and O–H groups in total. The van der Waals surface area contributed by atoms with Gasteiger partial charge in [-0.05, 0) is 114 Å². The minimum absolute atomic E-state index is 1.04. The van der Waals surface area contributed by atoms with E-state index in [1.54, 1.807) is 32.1 Å². The van der Waals surface area contributed by atoms with Crippen LogP contribution in [-0.2, 0) is 0 Å². The van der Waals surface area contributed by atoms with Crippen molar-refractivity contribution in [2.24, 2.45) is 29.6 Å². The number of likely N-dealkylation sites (tertiary alicyclic amines) is 1. The molecule has 0 amide bonds. The van der Waals surface area contributed by atoms with E-state index in [0.29, 0.717) is 0 Å². The van der Waals surface area contributed by atoms with E-state index in [1.165, 1.54) is 52.0 Å². The van der Waals surface area contributed by atoms with Crippen molar-refractivity contribution in [3.05, 3.63) is 0 Å². The quantitative estimate of drug-likeness (QED) is 0.750. The Hall–Kier alpha value is -0.0800. The van der Waals surface area contributed by atoms with Gasteiger partial charge in [0.05, 0.1) is 0 Å². The monoisotopic (exact) mass is 276 g/mol. The van der Waals surface area contributed by atoms with Crippen molar-refractivity contribution in [1.82, 2.24) is 10.2 Å². The summed E-state index contributed by atoms with van der Waals surface area (Å²) in [6.07, 6.45) is 12.1. The predicted octanol–water partition coefficient (Wildman–Crippen LogP) is 3.13. The normalized spacial score (nSPS) is 43.5. The molecule has 0 radical (unpaired) electrons. The summed E-state index contributed by atoms with van der Waals surface area (Å²) in [5.41, 5.74) is 0. The second-order valence-electron chi connectivity index (χ2n) is 8.20. The highest BCUT2D eigenvalue weighted by molar-refractivity contribution is 4.98. The van der Waals surface area contributed by atoms with Crippen molar-refractivity contribution in [1.29, 1.82) is 0 Å². The topological polar surface area (TPSA) is 15.3 Å². The van der Waals surface area contributed by atoms with Gasteiger partial charge in [-0.3, -0.25) is 0 Å². The van der Waals surface area contributed by atoms with Crippen LogP contribution in [0.4, 0.5) is 0 Å². The molecule has 1 saturated heterocycles. The summed E-state index contributed by atoms with van der Waals surface area (Å²) in [5, 5.41) is 3.81. The number of nitrogens with one attached hydrogen (secondary N) is 1. The molecule has 5 aliphatic rings. The van der Waals surface area contributed by atoms with Gasteiger partial charge in [0, 0.05) is 0 Å². The lowest BCUT2D eigenvalue weighted by atomic mass is 9.52. The maximum absolute atomic E-state index is 3.81. The maximum atomic E-state index is 3.81. The molecule has 0 atom stereocenters. The first-order valence-corrected chi connectivity index (χ1v) is 9.31. The van der Waals surface area contributed by atoms with Gasteiger partial charge in [-0.15, -0.1) is 0 Å². The van der Waals surface area contributed by atoms with Gasteiger partial charge in [0.1, 0.15) is 0 Å². The molecule has 20 heavy (non-hydrogen) atoms. The zero-order chi connectivity index (χ0) is 13.4. The molecular weight excluding hydrogens is 244 g/mol. The Balaban J connectivity index is 1.16. The van der Waals surface area contributed by atoms with Gasteiger partial charge in [0.2, 0.25) is 0 Å². The van der Waals surface area contributed by atoms with E-state index in [9.17, 15) is 0 Å². The molecule has 0 spiro atoms. The molecule has 0 aromatic heterocycles. The Labute approximate surface area is 124 Å². The van der Waals surface area contributed by atoms with E-state index in [2.05, 4.69) is 10.2 Å². The van der Waals surface area contributed by atoms with E-state index >= 15 is 0 Å². The van der Waals surface area contributed by atoms with E-state index in [0.717, 1.165) is 29.6 Å². The summed E-state index contributed by atoms with van der Waals surface area (Å²) in [7, 11) is 0. The predicted molar refractivity (Wildman–Crippen MR) is 83.7 cm³/mol. The van der Waals surface area contributed by atoms with Crippen LogP contribution in [0.5, 0.6) is 0 Å². The molecule has 0 aromatic carbocycles. The van der Waals surface area contributed by atoms with Crippen LogP contribution in [0.1, 0.15) is 51.4 Å². The van der Waals surface area contributed by atoms with Gasteiger partial charge in [-0.25, -0.2) is 0 Å². The standard InChI is InChI=1S/C18H32N2/c1-2-6-20(5-1)7-3-4-19-13-18-16-9-14-8-15(11-16)12-17(18)10-14/h14-19H,1-13H2. The lowest BCUT2D eigenvalue weighted by Crippen LogP contribution is -2.48. The summed E-state index contributed by atoms with van der Waals surface area (Å²) >= 11 is 0. The highest BCUT2D eigenvalue weighted by Crippen LogP contribution is 2.56. The van der Waals surface area contributed by atoms with Crippen molar-refractivity contribution < 1.29 is 0 Å². The van der Waals surface area contributed by atoms with Gasteiger partial charge < -0.3 is 10.2 Å². The number of nitrogens with zero attached hydrogens (tertiary/aromatic N) is 1. The summed E-state index contributed by atoms with van der Waals surface area (Å²) in [4.78, 5) is 2.64. The molecule has 4 saturated carbocycles. The Morgan fingerprint density at radius 1 is 0.850 bits per heavy atom. The Bertz CT molecular complexity index is 293.